The van der Waals surface area contributed by atoms with E-state index in [0.29, 0.717) is 6.42 Å². The molecule has 1 rings (SSSR count). The van der Waals surface area contributed by atoms with Crippen LogP contribution in [-0.2, 0) is 14.3 Å². The Morgan fingerprint density at radius 2 is 0.785 bits per heavy atom. The average molecular weight is 1100 g/mol. The van der Waals surface area contributed by atoms with Gasteiger partial charge in [-0.3, -0.25) is 4.79 Å². The summed E-state index contributed by atoms with van der Waals surface area (Å²) >= 11 is 0. The molecular formula is C70H121NO8. The molecule has 1 amide bonds. The fraction of sp³-hybridized carbons (Fsp3) is 0.729. The molecule has 9 nitrogen and oxygen atoms in total. The van der Waals surface area contributed by atoms with Crippen molar-refractivity contribution in [3.05, 3.63) is 109 Å². The Hall–Kier alpha value is -3.15. The van der Waals surface area contributed by atoms with E-state index in [-0.39, 0.29) is 12.5 Å². The highest BCUT2D eigenvalue weighted by Crippen LogP contribution is 2.23. The van der Waals surface area contributed by atoms with Gasteiger partial charge in [0, 0.05) is 6.42 Å². The maximum Gasteiger partial charge on any atom is 0.220 e. The monoisotopic (exact) mass is 1100 g/mol. The molecule has 0 aliphatic carbocycles. The number of unbranched alkanes of at least 4 members (excludes halogenated alkanes) is 29. The van der Waals surface area contributed by atoms with Gasteiger partial charge >= 0.3 is 0 Å². The molecule has 0 bridgehead atoms. The minimum absolute atomic E-state index is 0.179. The number of aliphatic hydroxyl groups is 5. The average Bonchev–Trinajstić information content (AvgIpc) is 3.48. The Morgan fingerprint density at radius 3 is 1.16 bits per heavy atom. The van der Waals surface area contributed by atoms with Crippen LogP contribution in [-0.4, -0.2) is 87.5 Å². The third-order valence-electron chi connectivity index (χ3n) is 14.9. The first kappa shape index (κ1) is 73.9. The first-order valence-corrected chi connectivity index (χ1v) is 32.6. The van der Waals surface area contributed by atoms with Gasteiger partial charge in [0.25, 0.3) is 0 Å². The van der Waals surface area contributed by atoms with E-state index < -0.39 is 49.5 Å². The number of hydrogen-bond acceptors (Lipinski definition) is 8. The zero-order valence-corrected chi connectivity index (χ0v) is 50.6. The molecule has 1 saturated heterocycles. The van der Waals surface area contributed by atoms with E-state index in [1.54, 1.807) is 6.08 Å². The third-order valence-corrected chi connectivity index (χ3v) is 14.9. The van der Waals surface area contributed by atoms with Crippen molar-refractivity contribution in [2.75, 3.05) is 13.2 Å². The van der Waals surface area contributed by atoms with Gasteiger partial charge < -0.3 is 40.3 Å². The van der Waals surface area contributed by atoms with Crippen LogP contribution in [0, 0.1) is 0 Å². The lowest BCUT2D eigenvalue weighted by Crippen LogP contribution is -2.60. The van der Waals surface area contributed by atoms with Crippen molar-refractivity contribution >= 4 is 5.91 Å². The molecule has 1 aliphatic rings. The topological polar surface area (TPSA) is 149 Å². The summed E-state index contributed by atoms with van der Waals surface area (Å²) in [6.07, 6.45) is 78.8. The fourth-order valence-electron chi connectivity index (χ4n) is 9.76. The maximum absolute atomic E-state index is 13.1. The smallest absolute Gasteiger partial charge is 0.220 e. The second kappa shape index (κ2) is 58.1. The first-order valence-electron chi connectivity index (χ1n) is 32.6. The SMILES string of the molecule is CC/C=C\C/C=C\C/C=C\C/C=C\C/C=C\C/C=C\C/C=C\C/C=C\CCCCCCCCCCCCCCCCC(=O)NC(COC1OC(CO)C(O)C(O)C1O)C(O)/C=C/CCCCCCCCCCCCCCCCC. The third kappa shape index (κ3) is 47.1. The quantitative estimate of drug-likeness (QED) is 0.0261. The summed E-state index contributed by atoms with van der Waals surface area (Å²) in [4.78, 5) is 13.1. The summed E-state index contributed by atoms with van der Waals surface area (Å²) in [6, 6.07) is -0.811. The molecule has 454 valence electrons. The van der Waals surface area contributed by atoms with Gasteiger partial charge in [0.1, 0.15) is 24.4 Å². The summed E-state index contributed by atoms with van der Waals surface area (Å²) in [7, 11) is 0. The lowest BCUT2D eigenvalue weighted by atomic mass is 9.99. The molecule has 9 heteroatoms. The van der Waals surface area contributed by atoms with E-state index in [1.807, 2.05) is 6.08 Å². The van der Waals surface area contributed by atoms with Crippen LogP contribution in [0.25, 0.3) is 0 Å². The Labute approximate surface area is 485 Å². The van der Waals surface area contributed by atoms with Gasteiger partial charge in [-0.1, -0.05) is 290 Å². The minimum atomic E-state index is -1.57. The Morgan fingerprint density at radius 1 is 0.443 bits per heavy atom. The highest BCUT2D eigenvalue weighted by Gasteiger charge is 2.44. The number of nitrogens with one attached hydrogen (secondary N) is 1. The second-order valence-electron chi connectivity index (χ2n) is 22.2. The summed E-state index contributed by atoms with van der Waals surface area (Å²) in [5.74, 6) is -0.179. The molecule has 1 fully saturated rings. The van der Waals surface area contributed by atoms with Gasteiger partial charge in [-0.15, -0.1) is 0 Å². The highest BCUT2D eigenvalue weighted by molar-refractivity contribution is 5.76. The molecule has 0 aromatic carbocycles. The molecule has 0 radical (unpaired) electrons. The van der Waals surface area contributed by atoms with Gasteiger partial charge in [0.2, 0.25) is 5.91 Å². The van der Waals surface area contributed by atoms with Gasteiger partial charge in [-0.05, 0) is 83.5 Å². The zero-order valence-electron chi connectivity index (χ0n) is 50.6. The second-order valence-corrected chi connectivity index (χ2v) is 22.2. The number of carbonyl (C=O) groups excluding carboxylic acids is 1. The lowest BCUT2D eigenvalue weighted by Gasteiger charge is -2.40. The van der Waals surface area contributed by atoms with Crippen LogP contribution >= 0.6 is 0 Å². The number of carbonyl (C=O) groups is 1. The summed E-state index contributed by atoms with van der Waals surface area (Å²) in [6.45, 7) is 3.68. The van der Waals surface area contributed by atoms with Crippen LogP contribution in [0.5, 0.6) is 0 Å². The molecule has 6 N–H and O–H groups in total. The predicted molar refractivity (Wildman–Crippen MR) is 336 cm³/mol. The van der Waals surface area contributed by atoms with E-state index in [4.69, 9.17) is 9.47 Å². The van der Waals surface area contributed by atoms with Crippen molar-refractivity contribution in [2.24, 2.45) is 0 Å². The highest BCUT2D eigenvalue weighted by atomic mass is 16.7. The molecule has 0 saturated carbocycles. The van der Waals surface area contributed by atoms with E-state index in [2.05, 4.69) is 116 Å². The van der Waals surface area contributed by atoms with Gasteiger partial charge in [0.15, 0.2) is 6.29 Å². The normalized spacial score (nSPS) is 19.3. The van der Waals surface area contributed by atoms with Gasteiger partial charge in [-0.2, -0.15) is 0 Å². The van der Waals surface area contributed by atoms with E-state index in [1.165, 1.54) is 161 Å². The maximum atomic E-state index is 13.1. The predicted octanol–water partition coefficient (Wildman–Crippen LogP) is 17.3. The number of ether oxygens (including phenoxy) is 2. The summed E-state index contributed by atoms with van der Waals surface area (Å²) in [5.41, 5.74) is 0. The first-order chi connectivity index (χ1) is 38.8. The van der Waals surface area contributed by atoms with Crippen molar-refractivity contribution in [1.29, 1.82) is 0 Å². The molecule has 79 heavy (non-hydrogen) atoms. The molecule has 0 aromatic heterocycles. The molecule has 1 heterocycles. The van der Waals surface area contributed by atoms with E-state index in [0.717, 1.165) is 89.9 Å². The van der Waals surface area contributed by atoms with Crippen molar-refractivity contribution in [1.82, 2.24) is 5.32 Å². The molecule has 7 atom stereocenters. The lowest BCUT2D eigenvalue weighted by molar-refractivity contribution is -0.302. The largest absolute Gasteiger partial charge is 0.394 e. The van der Waals surface area contributed by atoms with E-state index >= 15 is 0 Å². The van der Waals surface area contributed by atoms with Crippen molar-refractivity contribution in [3.8, 4) is 0 Å². The number of aliphatic hydroxyl groups excluding tert-OH is 5. The van der Waals surface area contributed by atoms with Crippen molar-refractivity contribution < 1.29 is 39.8 Å². The Kier molecular flexibility index (Phi) is 54.3. The van der Waals surface area contributed by atoms with Crippen LogP contribution in [0.1, 0.15) is 271 Å². The van der Waals surface area contributed by atoms with Crippen molar-refractivity contribution in [2.45, 2.75) is 314 Å². The molecule has 0 spiro atoms. The standard InChI is InChI=1S/C70H121NO8/c1-3-5-7-9-11-13-15-17-19-21-22-23-24-25-26-27-28-29-30-31-32-33-34-35-36-37-38-39-40-41-42-44-46-48-50-52-54-56-58-60-66(74)71-63(62-78-70-69(77)68(76)67(75)65(61-72)79-70)64(73)59-57-55-53-51-49-47-45-43-20-18-16-14-12-10-8-6-4-2/h5,7,11,13,17,19,22-23,25-26,28-29,31-32,34-35,57,59,63-65,67-70,72-73,75-77H,3-4,6,8-10,12,14-16,18,20-21,24,27,30,33,36-56,58,60-62H2,1-2H3,(H,71,74)/b7-5-,13-11-,19-17-,23-22-,26-25-,29-28-,32-31-,35-34-,59-57+. The summed E-state index contributed by atoms with van der Waals surface area (Å²) < 4.78 is 11.3. The fourth-order valence-corrected chi connectivity index (χ4v) is 9.76. The van der Waals surface area contributed by atoms with Crippen LogP contribution in [0.2, 0.25) is 0 Å². The Balaban J connectivity index is 2.12. The number of hydrogen-bond donors (Lipinski definition) is 6. The van der Waals surface area contributed by atoms with Crippen LogP contribution in [0.4, 0.5) is 0 Å². The van der Waals surface area contributed by atoms with Gasteiger partial charge in [-0.25, -0.2) is 0 Å². The molecular weight excluding hydrogens is 983 g/mol. The van der Waals surface area contributed by atoms with Crippen molar-refractivity contribution in [3.63, 3.8) is 0 Å². The number of rotatable bonds is 55. The minimum Gasteiger partial charge on any atom is -0.394 e. The Bertz CT molecular complexity index is 1610. The van der Waals surface area contributed by atoms with Crippen LogP contribution < -0.4 is 5.32 Å². The number of amides is 1. The summed E-state index contributed by atoms with van der Waals surface area (Å²) in [5, 5.41) is 54.6. The van der Waals surface area contributed by atoms with Crippen LogP contribution in [0.15, 0.2) is 109 Å². The number of allylic oxidation sites excluding steroid dienone is 17. The van der Waals surface area contributed by atoms with Gasteiger partial charge in [0.05, 0.1) is 25.4 Å². The molecule has 1 aliphatic heterocycles. The molecule has 7 unspecified atom stereocenters. The zero-order chi connectivity index (χ0) is 57.2. The molecule has 0 aromatic rings. The van der Waals surface area contributed by atoms with E-state index in [9.17, 15) is 30.3 Å². The van der Waals surface area contributed by atoms with Crippen LogP contribution in [0.3, 0.4) is 0 Å².